The van der Waals surface area contributed by atoms with Crippen LogP contribution in [-0.4, -0.2) is 23.7 Å². The number of nitrogen functional groups attached to an aromatic ring is 1. The number of aromatic nitrogens is 2. The highest BCUT2D eigenvalue weighted by atomic mass is 19.3. The van der Waals surface area contributed by atoms with Crippen LogP contribution in [0.4, 0.5) is 26.1 Å². The number of alkyl halides is 2. The normalized spacial score (nSPS) is 10.7. The fourth-order valence-corrected chi connectivity index (χ4v) is 1.90. The zero-order valence-electron chi connectivity index (χ0n) is 11.5. The van der Waals surface area contributed by atoms with Gasteiger partial charge in [0.2, 0.25) is 0 Å². The number of rotatable bonds is 5. The summed E-state index contributed by atoms with van der Waals surface area (Å²) in [6.07, 6.45) is -1.05. The minimum absolute atomic E-state index is 0.302. The number of halogens is 2. The Hall–Kier alpha value is -2.57. The van der Waals surface area contributed by atoms with Gasteiger partial charge in [-0.25, -0.2) is 18.7 Å². The zero-order valence-corrected chi connectivity index (χ0v) is 11.5. The van der Waals surface area contributed by atoms with E-state index in [1.165, 1.54) is 12.1 Å². The molecule has 0 saturated carbocycles. The molecule has 21 heavy (non-hydrogen) atoms. The molecule has 0 saturated heterocycles. The summed E-state index contributed by atoms with van der Waals surface area (Å²) in [5, 5.41) is 0. The lowest BCUT2D eigenvalue weighted by Gasteiger charge is -2.21. The standard InChI is InChI=1S/C14H15F2N5/c1-18-11-6-5-10(12(15)16)20-14(11)21(2)8-9-4-3-7-19-13(9)17/h3-7,12H,1,8H2,2H3,(H2,17,19). The van der Waals surface area contributed by atoms with Crippen molar-refractivity contribution in [2.75, 3.05) is 17.7 Å². The number of nitrogens with zero attached hydrogens (tertiary/aromatic N) is 4. The van der Waals surface area contributed by atoms with Crippen molar-refractivity contribution in [3.63, 3.8) is 0 Å². The summed E-state index contributed by atoms with van der Waals surface area (Å²) in [7, 11) is 1.72. The van der Waals surface area contributed by atoms with E-state index in [4.69, 9.17) is 5.73 Å². The zero-order chi connectivity index (χ0) is 15.4. The van der Waals surface area contributed by atoms with E-state index >= 15 is 0 Å². The fraction of sp³-hybridized carbons (Fsp3) is 0.214. The molecule has 0 spiro atoms. The van der Waals surface area contributed by atoms with Crippen molar-refractivity contribution in [2.24, 2.45) is 4.99 Å². The molecule has 110 valence electrons. The second kappa shape index (κ2) is 6.25. The molecule has 2 aromatic heterocycles. The van der Waals surface area contributed by atoms with Gasteiger partial charge in [0.15, 0.2) is 5.82 Å². The third-order valence-corrected chi connectivity index (χ3v) is 2.97. The van der Waals surface area contributed by atoms with E-state index in [2.05, 4.69) is 21.7 Å². The average molecular weight is 291 g/mol. The van der Waals surface area contributed by atoms with Crippen LogP contribution in [-0.2, 0) is 6.54 Å². The number of aliphatic imine (C=N–C) groups is 1. The lowest BCUT2D eigenvalue weighted by atomic mass is 10.2. The predicted octanol–water partition coefficient (Wildman–Crippen LogP) is 2.96. The van der Waals surface area contributed by atoms with Gasteiger partial charge in [0.25, 0.3) is 6.43 Å². The Balaban J connectivity index is 2.33. The molecule has 0 fully saturated rings. The molecule has 0 radical (unpaired) electrons. The minimum atomic E-state index is -2.64. The first-order chi connectivity index (χ1) is 10.0. The number of nitrogens with two attached hydrogens (primary N) is 1. The van der Waals surface area contributed by atoms with E-state index < -0.39 is 6.43 Å². The summed E-state index contributed by atoms with van der Waals surface area (Å²) >= 11 is 0. The molecule has 0 aromatic carbocycles. The quantitative estimate of drug-likeness (QED) is 0.860. The van der Waals surface area contributed by atoms with Gasteiger partial charge >= 0.3 is 0 Å². The Bertz CT molecular complexity index is 645. The Kier molecular flexibility index (Phi) is 4.42. The van der Waals surface area contributed by atoms with Crippen molar-refractivity contribution in [2.45, 2.75) is 13.0 Å². The van der Waals surface area contributed by atoms with Crippen LogP contribution in [0.2, 0.25) is 0 Å². The van der Waals surface area contributed by atoms with E-state index in [9.17, 15) is 8.78 Å². The molecular formula is C14H15F2N5. The van der Waals surface area contributed by atoms with Crippen LogP contribution in [0, 0.1) is 0 Å². The molecule has 0 unspecified atom stereocenters. The fourth-order valence-electron chi connectivity index (χ4n) is 1.90. The lowest BCUT2D eigenvalue weighted by Crippen LogP contribution is -2.19. The summed E-state index contributed by atoms with van der Waals surface area (Å²) in [6.45, 7) is 3.81. The van der Waals surface area contributed by atoms with E-state index in [1.807, 2.05) is 6.07 Å². The third kappa shape index (κ3) is 3.31. The molecule has 0 aliphatic heterocycles. The number of hydrogen-bond acceptors (Lipinski definition) is 5. The molecule has 0 bridgehead atoms. The smallest absolute Gasteiger partial charge is 0.280 e. The van der Waals surface area contributed by atoms with Crippen LogP contribution in [0.1, 0.15) is 17.7 Å². The van der Waals surface area contributed by atoms with Crippen LogP contribution in [0.5, 0.6) is 0 Å². The largest absolute Gasteiger partial charge is 0.383 e. The number of pyridine rings is 2. The van der Waals surface area contributed by atoms with Crippen molar-refractivity contribution < 1.29 is 8.78 Å². The van der Waals surface area contributed by atoms with Crippen LogP contribution in [0.3, 0.4) is 0 Å². The van der Waals surface area contributed by atoms with E-state index in [1.54, 1.807) is 24.2 Å². The maximum Gasteiger partial charge on any atom is 0.280 e. The molecule has 5 nitrogen and oxygen atoms in total. The van der Waals surface area contributed by atoms with Gasteiger partial charge in [-0.2, -0.15) is 0 Å². The molecule has 7 heteroatoms. The van der Waals surface area contributed by atoms with E-state index in [0.29, 0.717) is 23.9 Å². The SMILES string of the molecule is C=Nc1ccc(C(F)F)nc1N(C)Cc1cccnc1N. The lowest BCUT2D eigenvalue weighted by molar-refractivity contribution is 0.146. The molecule has 2 rings (SSSR count). The Morgan fingerprint density at radius 2 is 2.14 bits per heavy atom. The van der Waals surface area contributed by atoms with Crippen molar-refractivity contribution in [3.05, 3.63) is 41.7 Å². The van der Waals surface area contributed by atoms with Crippen LogP contribution >= 0.6 is 0 Å². The molecule has 0 aliphatic rings. The van der Waals surface area contributed by atoms with Gasteiger partial charge in [0.05, 0.1) is 0 Å². The maximum atomic E-state index is 12.8. The second-order valence-corrected chi connectivity index (χ2v) is 4.44. The maximum absolute atomic E-state index is 12.8. The highest BCUT2D eigenvalue weighted by Gasteiger charge is 2.15. The molecule has 2 N–H and O–H groups in total. The molecule has 0 atom stereocenters. The van der Waals surface area contributed by atoms with Crippen molar-refractivity contribution >= 4 is 24.0 Å². The summed E-state index contributed by atoms with van der Waals surface area (Å²) in [5.74, 6) is 0.716. The minimum Gasteiger partial charge on any atom is -0.383 e. The first kappa shape index (κ1) is 14.8. The summed E-state index contributed by atoms with van der Waals surface area (Å²) < 4.78 is 25.6. The summed E-state index contributed by atoms with van der Waals surface area (Å²) in [5.41, 5.74) is 6.69. The third-order valence-electron chi connectivity index (χ3n) is 2.97. The highest BCUT2D eigenvalue weighted by molar-refractivity contribution is 5.65. The van der Waals surface area contributed by atoms with Gasteiger partial charge in [-0.15, -0.1) is 0 Å². The molecular weight excluding hydrogens is 276 g/mol. The number of hydrogen-bond donors (Lipinski definition) is 1. The van der Waals surface area contributed by atoms with Gasteiger partial charge in [0.1, 0.15) is 17.2 Å². The first-order valence-electron chi connectivity index (χ1n) is 6.19. The summed E-state index contributed by atoms with van der Waals surface area (Å²) in [6, 6.07) is 6.29. The van der Waals surface area contributed by atoms with Crippen molar-refractivity contribution in [1.82, 2.24) is 9.97 Å². The van der Waals surface area contributed by atoms with Crippen molar-refractivity contribution in [1.29, 1.82) is 0 Å². The Morgan fingerprint density at radius 3 is 2.76 bits per heavy atom. The van der Waals surface area contributed by atoms with Crippen LogP contribution in [0.15, 0.2) is 35.5 Å². The Labute approximate surface area is 121 Å². The van der Waals surface area contributed by atoms with Gasteiger partial charge < -0.3 is 10.6 Å². The van der Waals surface area contributed by atoms with E-state index in [0.717, 1.165) is 5.56 Å². The Morgan fingerprint density at radius 1 is 1.38 bits per heavy atom. The van der Waals surface area contributed by atoms with Crippen LogP contribution < -0.4 is 10.6 Å². The van der Waals surface area contributed by atoms with Crippen LogP contribution in [0.25, 0.3) is 0 Å². The van der Waals surface area contributed by atoms with Gasteiger partial charge in [-0.3, -0.25) is 4.99 Å². The van der Waals surface area contributed by atoms with Gasteiger partial charge in [-0.05, 0) is 24.9 Å². The molecule has 2 aromatic rings. The molecule has 0 aliphatic carbocycles. The highest BCUT2D eigenvalue weighted by Crippen LogP contribution is 2.30. The predicted molar refractivity (Wildman–Crippen MR) is 79.2 cm³/mol. The summed E-state index contributed by atoms with van der Waals surface area (Å²) in [4.78, 5) is 13.4. The van der Waals surface area contributed by atoms with Gasteiger partial charge in [-0.1, -0.05) is 6.07 Å². The molecule has 2 heterocycles. The monoisotopic (exact) mass is 291 g/mol. The first-order valence-corrected chi connectivity index (χ1v) is 6.19. The topological polar surface area (TPSA) is 67.4 Å². The van der Waals surface area contributed by atoms with Crippen molar-refractivity contribution in [3.8, 4) is 0 Å². The number of anilines is 2. The average Bonchev–Trinajstić information content (AvgIpc) is 2.48. The van der Waals surface area contributed by atoms with E-state index in [-0.39, 0.29) is 5.69 Å². The van der Waals surface area contributed by atoms with Gasteiger partial charge in [0, 0.05) is 25.4 Å². The second-order valence-electron chi connectivity index (χ2n) is 4.44. The molecule has 0 amide bonds.